The Morgan fingerprint density at radius 3 is 2.93 bits per heavy atom. The Morgan fingerprint density at radius 1 is 1.53 bits per heavy atom. The zero-order valence-corrected chi connectivity index (χ0v) is 9.53. The van der Waals surface area contributed by atoms with Crippen molar-refractivity contribution in [3.05, 3.63) is 44.4 Å². The number of pyridine rings is 1. The lowest BCUT2D eigenvalue weighted by molar-refractivity contribution is -0.384. The summed E-state index contributed by atoms with van der Waals surface area (Å²) in [5.41, 5.74) is -0.0583. The van der Waals surface area contributed by atoms with Crippen LogP contribution in [0, 0.1) is 13.7 Å². The molecular formula is C8H5IN4O2. The van der Waals surface area contributed by atoms with Crippen molar-refractivity contribution in [2.45, 2.75) is 0 Å². The van der Waals surface area contributed by atoms with Gasteiger partial charge in [0.05, 0.1) is 14.7 Å². The quantitative estimate of drug-likeness (QED) is 0.481. The van der Waals surface area contributed by atoms with Crippen LogP contribution in [-0.4, -0.2) is 19.7 Å². The number of rotatable bonds is 2. The lowest BCUT2D eigenvalue weighted by Gasteiger charge is -1.99. The van der Waals surface area contributed by atoms with Crippen LogP contribution in [0.2, 0.25) is 0 Å². The van der Waals surface area contributed by atoms with Gasteiger partial charge in [-0.05, 0) is 28.7 Å². The van der Waals surface area contributed by atoms with Gasteiger partial charge in [0, 0.05) is 18.5 Å². The Balaban J connectivity index is 2.57. The standard InChI is InChI=1S/C8H5IN4O2/c9-6-4-11-12(5-6)8-7(13(14)15)2-1-3-10-8/h1-5H. The predicted octanol–water partition coefficient (Wildman–Crippen LogP) is 1.78. The first-order chi connectivity index (χ1) is 7.18. The minimum absolute atomic E-state index is 0.0583. The number of hydrogen-bond acceptors (Lipinski definition) is 4. The van der Waals surface area contributed by atoms with Crippen molar-refractivity contribution in [3.8, 4) is 5.82 Å². The third-order valence-electron chi connectivity index (χ3n) is 1.73. The molecule has 0 fully saturated rings. The third-order valence-corrected chi connectivity index (χ3v) is 2.29. The highest BCUT2D eigenvalue weighted by molar-refractivity contribution is 14.1. The number of nitrogens with zero attached hydrogens (tertiary/aromatic N) is 4. The van der Waals surface area contributed by atoms with Crippen molar-refractivity contribution in [1.82, 2.24) is 14.8 Å². The van der Waals surface area contributed by atoms with Gasteiger partial charge in [0.2, 0.25) is 5.82 Å². The molecule has 0 unspecified atom stereocenters. The maximum absolute atomic E-state index is 10.7. The lowest BCUT2D eigenvalue weighted by Crippen LogP contribution is -2.02. The Kier molecular flexibility index (Phi) is 2.62. The van der Waals surface area contributed by atoms with E-state index in [0.29, 0.717) is 0 Å². The van der Waals surface area contributed by atoms with Crippen LogP contribution < -0.4 is 0 Å². The predicted molar refractivity (Wildman–Crippen MR) is 60.7 cm³/mol. The fourth-order valence-corrected chi connectivity index (χ4v) is 1.51. The van der Waals surface area contributed by atoms with Crippen molar-refractivity contribution in [1.29, 1.82) is 0 Å². The minimum atomic E-state index is -0.475. The number of halogens is 1. The third kappa shape index (κ3) is 1.96. The van der Waals surface area contributed by atoms with Gasteiger partial charge in [0.25, 0.3) is 0 Å². The van der Waals surface area contributed by atoms with Crippen molar-refractivity contribution in [2.75, 3.05) is 0 Å². The molecule has 2 heterocycles. The molecule has 7 heteroatoms. The van der Waals surface area contributed by atoms with Gasteiger partial charge >= 0.3 is 5.69 Å². The molecule has 0 aliphatic rings. The first-order valence-electron chi connectivity index (χ1n) is 3.98. The second-order valence-electron chi connectivity index (χ2n) is 2.71. The highest BCUT2D eigenvalue weighted by atomic mass is 127. The van der Waals surface area contributed by atoms with Gasteiger partial charge in [-0.2, -0.15) is 5.10 Å². The van der Waals surface area contributed by atoms with E-state index in [1.165, 1.54) is 23.0 Å². The van der Waals surface area contributed by atoms with Crippen molar-refractivity contribution in [3.63, 3.8) is 0 Å². The SMILES string of the molecule is O=[N+]([O-])c1cccnc1-n1cc(I)cn1. The van der Waals surface area contributed by atoms with Gasteiger partial charge in [0.15, 0.2) is 0 Å². The second kappa shape index (κ2) is 3.93. The summed E-state index contributed by atoms with van der Waals surface area (Å²) in [5.74, 6) is 0.227. The van der Waals surface area contributed by atoms with Crippen molar-refractivity contribution < 1.29 is 4.92 Å². The molecule has 0 saturated heterocycles. The van der Waals surface area contributed by atoms with Gasteiger partial charge in [-0.3, -0.25) is 10.1 Å². The fourth-order valence-electron chi connectivity index (χ4n) is 1.12. The van der Waals surface area contributed by atoms with Crippen LogP contribution in [0.1, 0.15) is 0 Å². The molecular weight excluding hydrogens is 311 g/mol. The molecule has 0 aliphatic heterocycles. The molecule has 0 aliphatic carbocycles. The molecule has 2 aromatic rings. The van der Waals surface area contributed by atoms with Gasteiger partial charge in [0.1, 0.15) is 0 Å². The summed E-state index contributed by atoms with van der Waals surface area (Å²) >= 11 is 2.08. The van der Waals surface area contributed by atoms with Crippen LogP contribution in [0.5, 0.6) is 0 Å². The van der Waals surface area contributed by atoms with Crippen LogP contribution in [-0.2, 0) is 0 Å². The lowest BCUT2D eigenvalue weighted by atomic mass is 10.4. The zero-order valence-electron chi connectivity index (χ0n) is 7.37. The summed E-state index contributed by atoms with van der Waals surface area (Å²) in [4.78, 5) is 14.2. The van der Waals surface area contributed by atoms with Crippen molar-refractivity contribution >= 4 is 28.3 Å². The summed E-state index contributed by atoms with van der Waals surface area (Å²) in [6, 6.07) is 2.92. The highest BCUT2D eigenvalue weighted by Crippen LogP contribution is 2.19. The van der Waals surface area contributed by atoms with E-state index in [9.17, 15) is 10.1 Å². The molecule has 2 aromatic heterocycles. The van der Waals surface area contributed by atoms with Crippen LogP contribution in [0.4, 0.5) is 5.69 Å². The van der Waals surface area contributed by atoms with E-state index in [-0.39, 0.29) is 11.5 Å². The zero-order chi connectivity index (χ0) is 10.8. The molecule has 6 nitrogen and oxygen atoms in total. The normalized spacial score (nSPS) is 10.2. The second-order valence-corrected chi connectivity index (χ2v) is 3.95. The number of aromatic nitrogens is 3. The molecule has 0 aromatic carbocycles. The molecule has 0 spiro atoms. The van der Waals surface area contributed by atoms with E-state index in [4.69, 9.17) is 0 Å². The monoisotopic (exact) mass is 316 g/mol. The van der Waals surface area contributed by atoms with Gasteiger partial charge in [-0.15, -0.1) is 0 Å². The van der Waals surface area contributed by atoms with Crippen LogP contribution in [0.3, 0.4) is 0 Å². The largest absolute Gasteiger partial charge is 0.313 e. The average Bonchev–Trinajstić information content (AvgIpc) is 2.65. The summed E-state index contributed by atoms with van der Waals surface area (Å²) in [6.45, 7) is 0. The first-order valence-corrected chi connectivity index (χ1v) is 5.06. The summed E-state index contributed by atoms with van der Waals surface area (Å²) in [5, 5.41) is 14.7. The molecule has 0 bridgehead atoms. The van der Waals surface area contributed by atoms with Gasteiger partial charge in [-0.1, -0.05) is 0 Å². The fraction of sp³-hybridized carbons (Fsp3) is 0. The van der Waals surface area contributed by atoms with E-state index in [2.05, 4.69) is 32.7 Å². The minimum Gasteiger partial charge on any atom is -0.258 e. The molecule has 0 saturated carbocycles. The molecule has 0 atom stereocenters. The average molecular weight is 316 g/mol. The molecule has 15 heavy (non-hydrogen) atoms. The molecule has 76 valence electrons. The Hall–Kier alpha value is -1.51. The van der Waals surface area contributed by atoms with E-state index in [1.54, 1.807) is 12.4 Å². The number of hydrogen-bond donors (Lipinski definition) is 0. The highest BCUT2D eigenvalue weighted by Gasteiger charge is 2.16. The van der Waals surface area contributed by atoms with Crippen LogP contribution >= 0.6 is 22.6 Å². The van der Waals surface area contributed by atoms with Crippen LogP contribution in [0.15, 0.2) is 30.7 Å². The topological polar surface area (TPSA) is 73.8 Å². The first kappa shape index (κ1) is 10.0. The maximum Gasteiger partial charge on any atom is 0.313 e. The smallest absolute Gasteiger partial charge is 0.258 e. The van der Waals surface area contributed by atoms with E-state index < -0.39 is 4.92 Å². The molecule has 0 N–H and O–H groups in total. The summed E-state index contributed by atoms with van der Waals surface area (Å²) in [7, 11) is 0. The van der Waals surface area contributed by atoms with E-state index in [0.717, 1.165) is 3.57 Å². The maximum atomic E-state index is 10.7. The number of nitro groups is 1. The van der Waals surface area contributed by atoms with E-state index in [1.807, 2.05) is 0 Å². The Bertz CT molecular complexity index is 511. The van der Waals surface area contributed by atoms with E-state index >= 15 is 0 Å². The van der Waals surface area contributed by atoms with Gasteiger partial charge in [-0.25, -0.2) is 9.67 Å². The molecule has 2 rings (SSSR count). The Morgan fingerprint density at radius 2 is 2.33 bits per heavy atom. The Labute approximate surface area is 98.2 Å². The summed E-state index contributed by atoms with van der Waals surface area (Å²) in [6.07, 6.45) is 4.78. The van der Waals surface area contributed by atoms with Crippen molar-refractivity contribution in [2.24, 2.45) is 0 Å². The van der Waals surface area contributed by atoms with Crippen LogP contribution in [0.25, 0.3) is 5.82 Å². The molecule has 0 amide bonds. The summed E-state index contributed by atoms with van der Waals surface area (Å²) < 4.78 is 2.28. The molecule has 0 radical (unpaired) electrons. The van der Waals surface area contributed by atoms with Gasteiger partial charge < -0.3 is 0 Å².